The second-order valence-corrected chi connectivity index (χ2v) is 2.70. The van der Waals surface area contributed by atoms with E-state index < -0.39 is 0 Å². The lowest BCUT2D eigenvalue weighted by Crippen LogP contribution is -2.06. The summed E-state index contributed by atoms with van der Waals surface area (Å²) in [6.07, 6.45) is 0. The van der Waals surface area contributed by atoms with Crippen LogP contribution in [0.2, 0.25) is 5.02 Å². The first-order chi connectivity index (χ1) is 5.24. The molecule has 1 aromatic rings. The fourth-order valence-corrected chi connectivity index (χ4v) is 1.01. The van der Waals surface area contributed by atoms with Crippen molar-refractivity contribution in [3.63, 3.8) is 0 Å². The maximum Gasteiger partial charge on any atom is 0.129 e. The zero-order chi connectivity index (χ0) is 8.27. The van der Waals surface area contributed by atoms with Gasteiger partial charge in [0.25, 0.3) is 0 Å². The summed E-state index contributed by atoms with van der Waals surface area (Å²) in [5.74, 6) is -0.258. The van der Waals surface area contributed by atoms with Crippen LogP contribution in [0.4, 0.5) is 4.39 Å². The van der Waals surface area contributed by atoms with Gasteiger partial charge in [-0.15, -0.1) is 0 Å². The van der Waals surface area contributed by atoms with Crippen molar-refractivity contribution in [3.05, 3.63) is 34.6 Å². The molecule has 1 aromatic carbocycles. The van der Waals surface area contributed by atoms with Crippen LogP contribution in [0.25, 0.3) is 0 Å². The number of rotatable bonds is 2. The zero-order valence-corrected chi connectivity index (χ0v) is 6.95. The van der Waals surface area contributed by atoms with Crippen molar-refractivity contribution in [2.45, 2.75) is 6.54 Å². The molecule has 0 aromatic heterocycles. The largest absolute Gasteiger partial charge is 0.316 e. The Labute approximate surface area is 70.2 Å². The zero-order valence-electron chi connectivity index (χ0n) is 6.20. The summed E-state index contributed by atoms with van der Waals surface area (Å²) >= 11 is 5.56. The van der Waals surface area contributed by atoms with Gasteiger partial charge in [0.15, 0.2) is 0 Å². The fraction of sp³-hybridized carbons (Fsp3) is 0.250. The fourth-order valence-electron chi connectivity index (χ4n) is 0.855. The first kappa shape index (κ1) is 8.50. The molecule has 0 aliphatic rings. The van der Waals surface area contributed by atoms with Gasteiger partial charge < -0.3 is 5.32 Å². The maximum atomic E-state index is 12.9. The van der Waals surface area contributed by atoms with E-state index in [2.05, 4.69) is 5.32 Å². The van der Waals surface area contributed by atoms with Gasteiger partial charge >= 0.3 is 0 Å². The van der Waals surface area contributed by atoms with E-state index in [4.69, 9.17) is 11.6 Å². The van der Waals surface area contributed by atoms with Crippen LogP contribution in [-0.2, 0) is 6.54 Å². The van der Waals surface area contributed by atoms with E-state index in [0.717, 1.165) is 0 Å². The summed E-state index contributed by atoms with van der Waals surface area (Å²) in [5.41, 5.74) is 0.636. The Morgan fingerprint density at radius 1 is 1.55 bits per heavy atom. The third-order valence-corrected chi connectivity index (χ3v) is 1.62. The lowest BCUT2D eigenvalue weighted by molar-refractivity contribution is 0.601. The Balaban J connectivity index is 2.90. The minimum absolute atomic E-state index is 0.258. The molecule has 0 aliphatic carbocycles. The normalized spacial score (nSPS) is 10.1. The molecule has 0 fully saturated rings. The molecule has 0 bridgehead atoms. The standard InChI is InChI=1S/C8H9ClFN/c1-11-5-6-2-3-7(9)4-8(6)10/h2-4,11H,5H2,1H3. The Morgan fingerprint density at radius 3 is 2.82 bits per heavy atom. The molecule has 3 heteroatoms. The monoisotopic (exact) mass is 173 g/mol. The topological polar surface area (TPSA) is 12.0 Å². The summed E-state index contributed by atoms with van der Waals surface area (Å²) in [6, 6.07) is 4.67. The van der Waals surface area contributed by atoms with Crippen LogP contribution in [0.3, 0.4) is 0 Å². The Hall–Kier alpha value is -0.600. The Morgan fingerprint density at radius 2 is 2.27 bits per heavy atom. The van der Waals surface area contributed by atoms with Crippen LogP contribution < -0.4 is 5.32 Å². The van der Waals surface area contributed by atoms with Gasteiger partial charge in [-0.25, -0.2) is 4.39 Å². The lowest BCUT2D eigenvalue weighted by atomic mass is 10.2. The Bertz CT molecular complexity index is 250. The molecule has 0 amide bonds. The summed E-state index contributed by atoms with van der Waals surface area (Å²) in [4.78, 5) is 0. The molecule has 0 unspecified atom stereocenters. The highest BCUT2D eigenvalue weighted by Gasteiger charge is 1.99. The van der Waals surface area contributed by atoms with E-state index in [9.17, 15) is 4.39 Å². The molecule has 1 N–H and O–H groups in total. The summed E-state index contributed by atoms with van der Waals surface area (Å²) in [5, 5.41) is 3.29. The number of nitrogens with one attached hydrogen (secondary N) is 1. The smallest absolute Gasteiger partial charge is 0.129 e. The van der Waals surface area contributed by atoms with E-state index in [1.54, 1.807) is 19.2 Å². The van der Waals surface area contributed by atoms with Crippen molar-refractivity contribution < 1.29 is 4.39 Å². The molecular weight excluding hydrogens is 165 g/mol. The predicted octanol–water partition coefficient (Wildman–Crippen LogP) is 2.20. The van der Waals surface area contributed by atoms with Crippen LogP contribution in [0, 0.1) is 5.82 Å². The van der Waals surface area contributed by atoms with Gasteiger partial charge in [-0.05, 0) is 19.2 Å². The molecule has 1 rings (SSSR count). The van der Waals surface area contributed by atoms with Crippen molar-refractivity contribution >= 4 is 11.6 Å². The van der Waals surface area contributed by atoms with Gasteiger partial charge in [-0.1, -0.05) is 17.7 Å². The number of benzene rings is 1. The predicted molar refractivity (Wildman–Crippen MR) is 44.2 cm³/mol. The van der Waals surface area contributed by atoms with E-state index in [1.165, 1.54) is 6.07 Å². The van der Waals surface area contributed by atoms with Crippen LogP contribution >= 0.6 is 11.6 Å². The van der Waals surface area contributed by atoms with Crippen LogP contribution in [0.5, 0.6) is 0 Å². The van der Waals surface area contributed by atoms with Crippen LogP contribution in [-0.4, -0.2) is 7.05 Å². The van der Waals surface area contributed by atoms with Crippen molar-refractivity contribution in [2.24, 2.45) is 0 Å². The number of hydrogen-bond donors (Lipinski definition) is 1. The van der Waals surface area contributed by atoms with E-state index in [1.807, 2.05) is 0 Å². The Kier molecular flexibility index (Phi) is 2.85. The van der Waals surface area contributed by atoms with Crippen molar-refractivity contribution in [1.29, 1.82) is 0 Å². The molecule has 0 atom stereocenters. The molecule has 0 aliphatic heterocycles. The third-order valence-electron chi connectivity index (χ3n) is 1.38. The van der Waals surface area contributed by atoms with Crippen molar-refractivity contribution in [1.82, 2.24) is 5.32 Å². The molecule has 0 saturated heterocycles. The third kappa shape index (κ3) is 2.17. The van der Waals surface area contributed by atoms with Gasteiger partial charge in [0, 0.05) is 17.1 Å². The summed E-state index contributed by atoms with van der Waals surface area (Å²) < 4.78 is 12.9. The van der Waals surface area contributed by atoms with Gasteiger partial charge in [0.2, 0.25) is 0 Å². The average Bonchev–Trinajstić information content (AvgIpc) is 1.95. The minimum Gasteiger partial charge on any atom is -0.316 e. The molecule has 60 valence electrons. The van der Waals surface area contributed by atoms with Gasteiger partial charge in [0.1, 0.15) is 5.82 Å². The van der Waals surface area contributed by atoms with Gasteiger partial charge in [-0.2, -0.15) is 0 Å². The molecule has 0 spiro atoms. The van der Waals surface area contributed by atoms with E-state index >= 15 is 0 Å². The minimum atomic E-state index is -0.258. The lowest BCUT2D eigenvalue weighted by Gasteiger charge is -2.01. The van der Waals surface area contributed by atoms with Gasteiger partial charge in [-0.3, -0.25) is 0 Å². The second-order valence-electron chi connectivity index (χ2n) is 2.27. The SMILES string of the molecule is CNCc1ccc(Cl)cc1F. The highest BCUT2D eigenvalue weighted by atomic mass is 35.5. The highest BCUT2D eigenvalue weighted by molar-refractivity contribution is 6.30. The number of halogens is 2. The van der Waals surface area contributed by atoms with Crippen LogP contribution in [0.15, 0.2) is 18.2 Å². The molecular formula is C8H9ClFN. The van der Waals surface area contributed by atoms with Crippen molar-refractivity contribution in [3.8, 4) is 0 Å². The van der Waals surface area contributed by atoms with E-state index in [-0.39, 0.29) is 5.82 Å². The first-order valence-electron chi connectivity index (χ1n) is 3.32. The molecule has 0 heterocycles. The van der Waals surface area contributed by atoms with Crippen LogP contribution in [0.1, 0.15) is 5.56 Å². The number of hydrogen-bond acceptors (Lipinski definition) is 1. The van der Waals surface area contributed by atoms with Crippen molar-refractivity contribution in [2.75, 3.05) is 7.05 Å². The first-order valence-corrected chi connectivity index (χ1v) is 3.70. The quantitative estimate of drug-likeness (QED) is 0.723. The summed E-state index contributed by atoms with van der Waals surface area (Å²) in [6.45, 7) is 0.531. The highest BCUT2D eigenvalue weighted by Crippen LogP contribution is 2.13. The average molecular weight is 174 g/mol. The molecule has 11 heavy (non-hydrogen) atoms. The molecule has 0 saturated carbocycles. The molecule has 1 nitrogen and oxygen atoms in total. The molecule has 0 radical (unpaired) electrons. The maximum absolute atomic E-state index is 12.9. The van der Waals surface area contributed by atoms with Gasteiger partial charge in [0.05, 0.1) is 0 Å². The van der Waals surface area contributed by atoms with E-state index in [0.29, 0.717) is 17.1 Å². The second kappa shape index (κ2) is 3.69. The summed E-state index contributed by atoms with van der Waals surface area (Å²) in [7, 11) is 1.77.